The molecule has 0 bridgehead atoms. The molecule has 0 radical (unpaired) electrons. The number of phenolic OH excluding ortho intramolecular Hbond substituents is 1. The number of aromatic hydroxyl groups is 1. The van der Waals surface area contributed by atoms with Crippen LogP contribution < -0.4 is 5.43 Å². The molecule has 14 heavy (non-hydrogen) atoms. The molecule has 0 aliphatic heterocycles. The summed E-state index contributed by atoms with van der Waals surface area (Å²) >= 11 is 0. The highest BCUT2D eigenvalue weighted by molar-refractivity contribution is 5.80. The Morgan fingerprint density at radius 1 is 1.43 bits per heavy atom. The van der Waals surface area contributed by atoms with E-state index in [-0.39, 0.29) is 11.2 Å². The minimum atomic E-state index is -0.0200. The van der Waals surface area contributed by atoms with Gasteiger partial charge in [0.2, 0.25) is 0 Å². The summed E-state index contributed by atoms with van der Waals surface area (Å²) in [7, 11) is 0. The van der Waals surface area contributed by atoms with Gasteiger partial charge in [0.25, 0.3) is 0 Å². The van der Waals surface area contributed by atoms with Gasteiger partial charge in [-0.15, -0.1) is 0 Å². The van der Waals surface area contributed by atoms with Crippen molar-refractivity contribution in [3.63, 3.8) is 0 Å². The third kappa shape index (κ3) is 1.27. The molecule has 72 valence electrons. The second kappa shape index (κ2) is 3.18. The summed E-state index contributed by atoms with van der Waals surface area (Å²) < 4.78 is 0. The summed E-state index contributed by atoms with van der Waals surface area (Å²) in [5, 5.41) is 10.2. The van der Waals surface area contributed by atoms with Crippen molar-refractivity contribution in [3.8, 4) is 5.75 Å². The third-order valence-corrected chi connectivity index (χ3v) is 2.34. The number of aromatic amines is 1. The van der Waals surface area contributed by atoms with Crippen LogP contribution in [0.1, 0.15) is 12.5 Å². The van der Waals surface area contributed by atoms with E-state index >= 15 is 0 Å². The molecule has 3 heteroatoms. The molecule has 3 nitrogen and oxygen atoms in total. The van der Waals surface area contributed by atoms with Gasteiger partial charge in [-0.2, -0.15) is 0 Å². The Bertz CT molecular complexity index is 528. The molecule has 2 rings (SSSR count). The lowest BCUT2D eigenvalue weighted by Gasteiger charge is -2.03. The summed E-state index contributed by atoms with van der Waals surface area (Å²) in [5.41, 5.74) is 1.45. The van der Waals surface area contributed by atoms with E-state index in [4.69, 9.17) is 0 Å². The van der Waals surface area contributed by atoms with Crippen molar-refractivity contribution >= 4 is 10.9 Å². The molecule has 0 amide bonds. The quantitative estimate of drug-likeness (QED) is 0.718. The Balaban J connectivity index is 2.87. The standard InChI is InChI=1S/C11H11NO2/c1-2-7-5-8-9(6-11(7)14)12-4-3-10(8)13/h3-6,14H,2H2,1H3,(H,12,13). The lowest BCUT2D eigenvalue weighted by Crippen LogP contribution is -2.00. The van der Waals surface area contributed by atoms with Crippen LogP contribution in [0.15, 0.2) is 29.2 Å². The molecule has 0 aliphatic carbocycles. The Hall–Kier alpha value is -1.77. The number of benzene rings is 1. The van der Waals surface area contributed by atoms with Crippen LogP contribution in [0.25, 0.3) is 10.9 Å². The smallest absolute Gasteiger partial charge is 0.189 e. The van der Waals surface area contributed by atoms with E-state index < -0.39 is 0 Å². The van der Waals surface area contributed by atoms with Gasteiger partial charge in [0, 0.05) is 23.7 Å². The number of hydrogen-bond donors (Lipinski definition) is 2. The number of pyridine rings is 1. The number of H-pyrrole nitrogens is 1. The van der Waals surface area contributed by atoms with Crippen molar-refractivity contribution < 1.29 is 5.11 Å². The number of rotatable bonds is 1. The van der Waals surface area contributed by atoms with Gasteiger partial charge < -0.3 is 10.1 Å². The van der Waals surface area contributed by atoms with Gasteiger partial charge in [-0.3, -0.25) is 4.79 Å². The highest BCUT2D eigenvalue weighted by Gasteiger charge is 2.03. The normalized spacial score (nSPS) is 10.6. The second-order valence-electron chi connectivity index (χ2n) is 3.22. The van der Waals surface area contributed by atoms with Gasteiger partial charge in [0.15, 0.2) is 5.43 Å². The van der Waals surface area contributed by atoms with Crippen molar-refractivity contribution in [1.82, 2.24) is 4.98 Å². The maximum Gasteiger partial charge on any atom is 0.189 e. The first-order valence-electron chi connectivity index (χ1n) is 4.55. The molecule has 0 fully saturated rings. The van der Waals surface area contributed by atoms with Crippen molar-refractivity contribution in [3.05, 3.63) is 40.2 Å². The molecule has 0 spiro atoms. The van der Waals surface area contributed by atoms with Crippen LogP contribution in [-0.4, -0.2) is 10.1 Å². The first kappa shape index (κ1) is 8.81. The van der Waals surface area contributed by atoms with Gasteiger partial charge in [-0.25, -0.2) is 0 Å². The fraction of sp³-hybridized carbons (Fsp3) is 0.182. The SMILES string of the molecule is CCc1cc2c(=O)cc[nH]c2cc1O. The molecule has 1 aromatic carbocycles. The van der Waals surface area contributed by atoms with E-state index in [0.717, 1.165) is 12.0 Å². The van der Waals surface area contributed by atoms with E-state index in [1.54, 1.807) is 18.3 Å². The van der Waals surface area contributed by atoms with E-state index in [2.05, 4.69) is 4.98 Å². The van der Waals surface area contributed by atoms with Crippen LogP contribution in [-0.2, 0) is 6.42 Å². The van der Waals surface area contributed by atoms with Crippen LogP contribution in [0.3, 0.4) is 0 Å². The molecule has 1 aromatic heterocycles. The van der Waals surface area contributed by atoms with Crippen LogP contribution in [0.5, 0.6) is 5.75 Å². The Kier molecular flexibility index (Phi) is 2.00. The number of hydrogen-bond acceptors (Lipinski definition) is 2. The van der Waals surface area contributed by atoms with Gasteiger partial charge in [-0.05, 0) is 18.1 Å². The fourth-order valence-electron chi connectivity index (χ4n) is 1.54. The zero-order valence-electron chi connectivity index (χ0n) is 7.87. The first-order valence-corrected chi connectivity index (χ1v) is 4.55. The topological polar surface area (TPSA) is 53.1 Å². The molecular weight excluding hydrogens is 178 g/mol. The Labute approximate surface area is 81.0 Å². The molecule has 0 aliphatic rings. The lowest BCUT2D eigenvalue weighted by atomic mass is 10.1. The Morgan fingerprint density at radius 2 is 2.21 bits per heavy atom. The molecule has 2 N–H and O–H groups in total. The summed E-state index contributed by atoms with van der Waals surface area (Å²) in [6.07, 6.45) is 2.30. The predicted molar refractivity (Wildman–Crippen MR) is 55.6 cm³/mol. The van der Waals surface area contributed by atoms with Crippen molar-refractivity contribution in [2.75, 3.05) is 0 Å². The summed E-state index contributed by atoms with van der Waals surface area (Å²) in [6, 6.07) is 4.82. The van der Waals surface area contributed by atoms with Gasteiger partial charge >= 0.3 is 0 Å². The van der Waals surface area contributed by atoms with E-state index in [1.165, 1.54) is 6.07 Å². The lowest BCUT2D eigenvalue weighted by molar-refractivity contribution is 0.469. The van der Waals surface area contributed by atoms with Crippen molar-refractivity contribution in [2.24, 2.45) is 0 Å². The zero-order chi connectivity index (χ0) is 10.1. The molecule has 0 saturated heterocycles. The number of aryl methyl sites for hydroxylation is 1. The van der Waals surface area contributed by atoms with E-state index in [1.807, 2.05) is 6.92 Å². The van der Waals surface area contributed by atoms with Crippen LogP contribution >= 0.6 is 0 Å². The van der Waals surface area contributed by atoms with Crippen molar-refractivity contribution in [2.45, 2.75) is 13.3 Å². The molecule has 0 saturated carbocycles. The fourth-order valence-corrected chi connectivity index (χ4v) is 1.54. The summed E-state index contributed by atoms with van der Waals surface area (Å²) in [5.74, 6) is 0.238. The average Bonchev–Trinajstić information content (AvgIpc) is 2.17. The predicted octanol–water partition coefficient (Wildman–Crippen LogP) is 1.80. The minimum Gasteiger partial charge on any atom is -0.508 e. The zero-order valence-corrected chi connectivity index (χ0v) is 7.87. The van der Waals surface area contributed by atoms with Gasteiger partial charge in [-0.1, -0.05) is 6.92 Å². The summed E-state index contributed by atoms with van der Waals surface area (Å²) in [4.78, 5) is 14.4. The number of aromatic nitrogens is 1. The first-order chi connectivity index (χ1) is 6.72. The maximum atomic E-state index is 11.5. The van der Waals surface area contributed by atoms with E-state index in [0.29, 0.717) is 10.9 Å². The average molecular weight is 189 g/mol. The largest absolute Gasteiger partial charge is 0.508 e. The number of nitrogens with one attached hydrogen (secondary N) is 1. The van der Waals surface area contributed by atoms with Gasteiger partial charge in [0.05, 0.1) is 5.52 Å². The molecule has 0 atom stereocenters. The maximum absolute atomic E-state index is 11.5. The van der Waals surface area contributed by atoms with Crippen molar-refractivity contribution in [1.29, 1.82) is 0 Å². The van der Waals surface area contributed by atoms with Gasteiger partial charge in [0.1, 0.15) is 5.75 Å². The van der Waals surface area contributed by atoms with Crippen LogP contribution in [0.2, 0.25) is 0 Å². The second-order valence-corrected chi connectivity index (χ2v) is 3.22. The highest BCUT2D eigenvalue weighted by Crippen LogP contribution is 2.21. The highest BCUT2D eigenvalue weighted by atomic mass is 16.3. The molecule has 2 aromatic rings. The monoisotopic (exact) mass is 189 g/mol. The van der Waals surface area contributed by atoms with Crippen LogP contribution in [0, 0.1) is 0 Å². The van der Waals surface area contributed by atoms with E-state index in [9.17, 15) is 9.90 Å². The number of fused-ring (bicyclic) bond motifs is 1. The Morgan fingerprint density at radius 3 is 2.93 bits per heavy atom. The molecular formula is C11H11NO2. The van der Waals surface area contributed by atoms with Crippen LogP contribution in [0.4, 0.5) is 0 Å². The molecule has 0 unspecified atom stereocenters. The number of phenols is 1. The summed E-state index contributed by atoms with van der Waals surface area (Å²) in [6.45, 7) is 1.94. The third-order valence-electron chi connectivity index (χ3n) is 2.34. The minimum absolute atomic E-state index is 0.0200. The molecule has 1 heterocycles.